The predicted octanol–water partition coefficient (Wildman–Crippen LogP) is 8.55. The molecule has 0 N–H and O–H groups in total. The highest BCUT2D eigenvalue weighted by Gasteiger charge is 2.52. The summed E-state index contributed by atoms with van der Waals surface area (Å²) in [5.74, 6) is -3.36. The highest BCUT2D eigenvalue weighted by Crippen LogP contribution is 2.30. The summed E-state index contributed by atoms with van der Waals surface area (Å²) in [5.41, 5.74) is 0. The topological polar surface area (TPSA) is 176 Å². The lowest BCUT2D eigenvalue weighted by Crippen LogP contribution is -2.63. The van der Waals surface area contributed by atoms with E-state index >= 15 is 0 Å². The standard InChI is InChI=1S/C44H76O14/c1-32(53-34(3)46)27-25-23-21-19-17-15-13-11-9-8-10-12-14-16-18-20-22-24-26-28-39(54-35(4)47)29-30-51-44-43(57-38(7)50)42(56-37(6)49)41(55-36(5)48)40(58-44)31-52-33(2)45/h32,39-44H,8-31H2,1-7H3/t32-,39+,40-,41-,42+,43-,44+/m1/s1. The molecule has 0 unspecified atom stereocenters. The Morgan fingerprint density at radius 3 is 1.26 bits per heavy atom. The summed E-state index contributed by atoms with van der Waals surface area (Å²) in [7, 11) is 0. The van der Waals surface area contributed by atoms with Crippen LogP contribution < -0.4 is 0 Å². The van der Waals surface area contributed by atoms with E-state index in [1.807, 2.05) is 6.92 Å². The molecule has 1 aliphatic rings. The highest BCUT2D eigenvalue weighted by molar-refractivity contribution is 5.69. The molecule has 0 bridgehead atoms. The summed E-state index contributed by atoms with van der Waals surface area (Å²) >= 11 is 0. The maximum atomic E-state index is 12.1. The smallest absolute Gasteiger partial charge is 0.303 e. The van der Waals surface area contributed by atoms with Crippen molar-refractivity contribution in [3.63, 3.8) is 0 Å². The summed E-state index contributed by atoms with van der Waals surface area (Å²) in [5, 5.41) is 0. The molecule has 0 radical (unpaired) electrons. The van der Waals surface area contributed by atoms with Crippen LogP contribution in [-0.4, -0.2) is 91.9 Å². The summed E-state index contributed by atoms with van der Waals surface area (Å²) in [6.07, 6.45) is 18.8. The first-order chi connectivity index (χ1) is 27.7. The van der Waals surface area contributed by atoms with E-state index in [1.54, 1.807) is 0 Å². The minimum absolute atomic E-state index is 0.0360. The molecule has 1 heterocycles. The van der Waals surface area contributed by atoms with Gasteiger partial charge in [0, 0.05) is 48.0 Å². The first kappa shape index (κ1) is 52.8. The normalized spacial score (nSPS) is 20.0. The molecule has 1 saturated heterocycles. The summed E-state index contributed by atoms with van der Waals surface area (Å²) in [6.45, 7) is 9.17. The Labute approximate surface area is 347 Å². The Morgan fingerprint density at radius 1 is 0.448 bits per heavy atom. The lowest BCUT2D eigenvalue weighted by Gasteiger charge is -2.44. The summed E-state index contributed by atoms with van der Waals surface area (Å²) < 4.78 is 44.1. The number of hydrogen-bond acceptors (Lipinski definition) is 14. The minimum Gasteiger partial charge on any atom is -0.463 e. The lowest BCUT2D eigenvalue weighted by molar-refractivity contribution is -0.308. The van der Waals surface area contributed by atoms with Crippen LogP contribution >= 0.6 is 0 Å². The van der Waals surface area contributed by atoms with E-state index in [0.29, 0.717) is 12.8 Å². The first-order valence-corrected chi connectivity index (χ1v) is 22.0. The molecule has 0 amide bonds. The molecular weight excluding hydrogens is 752 g/mol. The lowest BCUT2D eigenvalue weighted by atomic mass is 9.98. The third kappa shape index (κ3) is 27.4. The molecule has 7 atom stereocenters. The average molecular weight is 829 g/mol. The number of ether oxygens (including phenoxy) is 8. The molecule has 0 spiro atoms. The molecule has 1 aliphatic heterocycles. The first-order valence-electron chi connectivity index (χ1n) is 22.0. The number of carbonyl (C=O) groups excluding carboxylic acids is 6. The molecule has 0 aliphatic carbocycles. The van der Waals surface area contributed by atoms with Crippen molar-refractivity contribution in [2.45, 2.75) is 233 Å². The molecule has 0 saturated carbocycles. The van der Waals surface area contributed by atoms with Crippen LogP contribution in [0.1, 0.15) is 190 Å². The predicted molar refractivity (Wildman–Crippen MR) is 216 cm³/mol. The number of hydrogen-bond donors (Lipinski definition) is 0. The van der Waals surface area contributed by atoms with Gasteiger partial charge in [-0.25, -0.2) is 0 Å². The number of rotatable bonds is 33. The van der Waals surface area contributed by atoms with E-state index in [1.165, 1.54) is 124 Å². The van der Waals surface area contributed by atoms with Crippen LogP contribution in [0.4, 0.5) is 0 Å². The second kappa shape index (κ2) is 32.6. The van der Waals surface area contributed by atoms with E-state index in [9.17, 15) is 28.8 Å². The molecule has 336 valence electrons. The highest BCUT2D eigenvalue weighted by atomic mass is 16.7. The van der Waals surface area contributed by atoms with Gasteiger partial charge in [-0.05, 0) is 32.6 Å². The van der Waals surface area contributed by atoms with E-state index in [2.05, 4.69) is 0 Å². The molecule has 0 aromatic rings. The summed E-state index contributed by atoms with van der Waals surface area (Å²) in [4.78, 5) is 70.5. The molecule has 58 heavy (non-hydrogen) atoms. The Hall–Kier alpha value is -3.26. The van der Waals surface area contributed by atoms with Crippen molar-refractivity contribution in [1.29, 1.82) is 0 Å². The number of carbonyl (C=O) groups is 6. The van der Waals surface area contributed by atoms with Gasteiger partial charge < -0.3 is 37.9 Å². The van der Waals surface area contributed by atoms with Crippen LogP contribution in [0, 0.1) is 0 Å². The van der Waals surface area contributed by atoms with Gasteiger partial charge in [0.2, 0.25) is 0 Å². The van der Waals surface area contributed by atoms with E-state index in [0.717, 1.165) is 46.0 Å². The van der Waals surface area contributed by atoms with Crippen molar-refractivity contribution in [2.24, 2.45) is 0 Å². The second-order valence-electron chi connectivity index (χ2n) is 15.7. The van der Waals surface area contributed by atoms with Gasteiger partial charge in [0.1, 0.15) is 18.8 Å². The quantitative estimate of drug-likeness (QED) is 0.0349. The molecule has 0 aromatic carbocycles. The SMILES string of the molecule is CC(=O)OC[C@H]1O[C@H](OCC[C@H](CCCCCCCCCCCCCCCCCCCCC[C@@H](C)OC(C)=O)OC(C)=O)[C@H](OC(C)=O)[C@@H](OC(C)=O)[C@@H]1OC(C)=O. The van der Waals surface area contributed by atoms with Gasteiger partial charge in [0.05, 0.1) is 12.7 Å². The van der Waals surface area contributed by atoms with Gasteiger partial charge in [-0.2, -0.15) is 0 Å². The van der Waals surface area contributed by atoms with E-state index in [4.69, 9.17) is 37.9 Å². The number of esters is 6. The zero-order chi connectivity index (χ0) is 43.1. The minimum atomic E-state index is -1.32. The fourth-order valence-corrected chi connectivity index (χ4v) is 7.29. The Balaban J connectivity index is 2.32. The molecule has 1 rings (SSSR count). The van der Waals surface area contributed by atoms with Crippen LogP contribution in [0.25, 0.3) is 0 Å². The van der Waals surface area contributed by atoms with Crippen LogP contribution in [0.5, 0.6) is 0 Å². The Kier molecular flexibility index (Phi) is 29.6. The van der Waals surface area contributed by atoms with Crippen LogP contribution in [0.15, 0.2) is 0 Å². The van der Waals surface area contributed by atoms with E-state index < -0.39 is 66.7 Å². The van der Waals surface area contributed by atoms with Gasteiger partial charge >= 0.3 is 35.8 Å². The Morgan fingerprint density at radius 2 is 0.845 bits per heavy atom. The molecule has 14 nitrogen and oxygen atoms in total. The third-order valence-electron chi connectivity index (χ3n) is 10.0. The monoisotopic (exact) mass is 829 g/mol. The molecule has 1 fully saturated rings. The van der Waals surface area contributed by atoms with Crippen molar-refractivity contribution in [3.05, 3.63) is 0 Å². The van der Waals surface area contributed by atoms with E-state index in [-0.39, 0.29) is 25.3 Å². The zero-order valence-electron chi connectivity index (χ0n) is 36.7. The van der Waals surface area contributed by atoms with Gasteiger partial charge in [0.25, 0.3) is 0 Å². The molecule has 14 heteroatoms. The maximum absolute atomic E-state index is 12.1. The van der Waals surface area contributed by atoms with Crippen molar-refractivity contribution in [2.75, 3.05) is 13.2 Å². The van der Waals surface area contributed by atoms with Gasteiger partial charge in [0.15, 0.2) is 24.6 Å². The van der Waals surface area contributed by atoms with Crippen molar-refractivity contribution in [1.82, 2.24) is 0 Å². The number of unbranched alkanes of at least 4 members (excludes halogenated alkanes) is 18. The average Bonchev–Trinajstić information content (AvgIpc) is 3.12. The van der Waals surface area contributed by atoms with Gasteiger partial charge in [-0.1, -0.05) is 109 Å². The fourth-order valence-electron chi connectivity index (χ4n) is 7.29. The van der Waals surface area contributed by atoms with Crippen LogP contribution in [0.2, 0.25) is 0 Å². The summed E-state index contributed by atoms with van der Waals surface area (Å²) in [6, 6.07) is 0. The Bertz CT molecular complexity index is 1170. The van der Waals surface area contributed by atoms with Crippen LogP contribution in [-0.2, 0) is 66.7 Å². The molecule has 0 aromatic heterocycles. The van der Waals surface area contributed by atoms with Crippen molar-refractivity contribution in [3.8, 4) is 0 Å². The van der Waals surface area contributed by atoms with Gasteiger partial charge in [-0.3, -0.25) is 28.8 Å². The largest absolute Gasteiger partial charge is 0.463 e. The second-order valence-corrected chi connectivity index (χ2v) is 15.7. The van der Waals surface area contributed by atoms with Crippen LogP contribution in [0.3, 0.4) is 0 Å². The maximum Gasteiger partial charge on any atom is 0.303 e. The fraction of sp³-hybridized carbons (Fsp3) is 0.864. The third-order valence-corrected chi connectivity index (χ3v) is 10.0. The van der Waals surface area contributed by atoms with Crippen molar-refractivity contribution < 1.29 is 66.7 Å². The van der Waals surface area contributed by atoms with Gasteiger partial charge in [-0.15, -0.1) is 0 Å². The van der Waals surface area contributed by atoms with Crippen molar-refractivity contribution >= 4 is 35.8 Å². The zero-order valence-corrected chi connectivity index (χ0v) is 36.7. The molecular formula is C44H76O14.